The first kappa shape index (κ1) is 36.9. The van der Waals surface area contributed by atoms with Crippen molar-refractivity contribution in [1.82, 2.24) is 25.9 Å². The van der Waals surface area contributed by atoms with E-state index in [1.807, 2.05) is 48.5 Å². The Morgan fingerprint density at radius 2 is 1.63 bits per heavy atom. The number of rotatable bonds is 14. The second-order valence-electron chi connectivity index (χ2n) is 12.5. The monoisotopic (exact) mass is 739 g/mol. The molecule has 11 nitrogen and oxygen atoms in total. The van der Waals surface area contributed by atoms with Crippen molar-refractivity contribution in [1.29, 1.82) is 0 Å². The standard InChI is InChI=1S/C37H37ClF3N5O6/c1-50-34-20(16-42-18-22-10-14-31(47)44-22)9-12-29(45-34)27-8-4-7-26(33(27)38)23-5-3-6-25-24(23)11-13-30(25)52-36-28(37(39,40)41)15-21(35(46-36)51-2)17-43-19-32(48)49/h3-9,12,15,22,30,42-43H,10-11,13-14,16-19H2,1-2H3,(H,44,47)(H,48,49)/t22-,30-/m0/s1. The summed E-state index contributed by atoms with van der Waals surface area (Å²) in [5.41, 5.74) is 4.25. The normalized spacial score (nSPS) is 16.8. The number of halogens is 4. The molecule has 6 rings (SSSR count). The quantitative estimate of drug-likeness (QED) is 0.120. The van der Waals surface area contributed by atoms with Crippen molar-refractivity contribution in [2.75, 3.05) is 27.3 Å². The van der Waals surface area contributed by atoms with Gasteiger partial charge in [-0.2, -0.15) is 18.2 Å². The lowest BCUT2D eigenvalue weighted by Gasteiger charge is -2.20. The summed E-state index contributed by atoms with van der Waals surface area (Å²) in [6, 6.07) is 15.9. The van der Waals surface area contributed by atoms with Crippen molar-refractivity contribution in [3.8, 4) is 40.0 Å². The number of alkyl halides is 3. The number of pyridine rings is 2. The molecule has 1 aliphatic heterocycles. The number of hydrogen-bond acceptors (Lipinski definition) is 9. The first-order valence-corrected chi connectivity index (χ1v) is 17.0. The number of benzene rings is 2. The fourth-order valence-electron chi connectivity index (χ4n) is 6.63. The summed E-state index contributed by atoms with van der Waals surface area (Å²) in [5.74, 6) is -1.38. The van der Waals surface area contributed by atoms with E-state index in [1.165, 1.54) is 7.11 Å². The molecule has 0 radical (unpaired) electrons. The minimum atomic E-state index is -4.80. The van der Waals surface area contributed by atoms with Gasteiger partial charge in [0.15, 0.2) is 0 Å². The number of carbonyl (C=O) groups is 2. The second-order valence-corrected chi connectivity index (χ2v) is 12.9. The Kier molecular flexibility index (Phi) is 11.2. The van der Waals surface area contributed by atoms with Gasteiger partial charge in [-0.3, -0.25) is 9.59 Å². The van der Waals surface area contributed by atoms with Crippen LogP contribution in [0.4, 0.5) is 13.2 Å². The van der Waals surface area contributed by atoms with Gasteiger partial charge in [-0.25, -0.2) is 4.98 Å². The summed E-state index contributed by atoms with van der Waals surface area (Å²) in [4.78, 5) is 31.2. The van der Waals surface area contributed by atoms with Gasteiger partial charge in [0.05, 0.1) is 31.5 Å². The molecule has 0 saturated carbocycles. The molecule has 0 bridgehead atoms. The molecule has 2 aliphatic rings. The van der Waals surface area contributed by atoms with Gasteiger partial charge in [-0.1, -0.05) is 54.1 Å². The van der Waals surface area contributed by atoms with Crippen molar-refractivity contribution in [2.24, 2.45) is 0 Å². The highest BCUT2D eigenvalue weighted by Gasteiger charge is 2.38. The van der Waals surface area contributed by atoms with Crippen molar-refractivity contribution >= 4 is 23.5 Å². The molecule has 4 aromatic rings. The van der Waals surface area contributed by atoms with Crippen LogP contribution in [0.15, 0.2) is 54.6 Å². The lowest BCUT2D eigenvalue weighted by molar-refractivity contribution is -0.140. The predicted molar refractivity (Wildman–Crippen MR) is 186 cm³/mol. The van der Waals surface area contributed by atoms with E-state index in [0.717, 1.165) is 34.7 Å². The van der Waals surface area contributed by atoms with Gasteiger partial charge in [0.25, 0.3) is 0 Å². The lowest BCUT2D eigenvalue weighted by Crippen LogP contribution is -2.35. The maximum Gasteiger partial charge on any atom is 0.421 e. The van der Waals surface area contributed by atoms with Crippen LogP contribution in [0.1, 0.15) is 53.2 Å². The summed E-state index contributed by atoms with van der Waals surface area (Å²) in [6.07, 6.45) is -3.28. The number of carboxylic acid groups (broad SMARTS) is 1. The molecule has 0 spiro atoms. The maximum absolute atomic E-state index is 14.3. The Morgan fingerprint density at radius 1 is 0.923 bits per heavy atom. The molecule has 1 saturated heterocycles. The van der Waals surface area contributed by atoms with Crippen molar-refractivity contribution in [3.05, 3.63) is 87.4 Å². The van der Waals surface area contributed by atoms with Crippen molar-refractivity contribution in [3.63, 3.8) is 0 Å². The minimum Gasteiger partial charge on any atom is -0.481 e. The zero-order valence-corrected chi connectivity index (χ0v) is 29.2. The average molecular weight is 740 g/mol. The summed E-state index contributed by atoms with van der Waals surface area (Å²) < 4.78 is 59.7. The zero-order chi connectivity index (χ0) is 37.0. The first-order valence-electron chi connectivity index (χ1n) is 16.7. The molecule has 2 atom stereocenters. The molecule has 2 aromatic heterocycles. The van der Waals surface area contributed by atoms with Gasteiger partial charge in [-0.15, -0.1) is 0 Å². The molecule has 274 valence electrons. The van der Waals surface area contributed by atoms with Gasteiger partial charge in [0.1, 0.15) is 11.7 Å². The highest BCUT2D eigenvalue weighted by atomic mass is 35.5. The van der Waals surface area contributed by atoms with E-state index in [2.05, 4.69) is 20.9 Å². The lowest BCUT2D eigenvalue weighted by atomic mass is 9.94. The molecule has 15 heteroatoms. The Labute approximate surface area is 302 Å². The predicted octanol–water partition coefficient (Wildman–Crippen LogP) is 6.11. The van der Waals surface area contributed by atoms with Gasteiger partial charge < -0.3 is 35.3 Å². The number of ether oxygens (including phenoxy) is 3. The van der Waals surface area contributed by atoms with Gasteiger partial charge in [-0.05, 0) is 48.1 Å². The van der Waals surface area contributed by atoms with Crippen LogP contribution < -0.4 is 30.2 Å². The number of nitrogens with one attached hydrogen (secondary N) is 3. The van der Waals surface area contributed by atoms with E-state index in [1.54, 1.807) is 7.11 Å². The molecule has 1 aliphatic carbocycles. The smallest absolute Gasteiger partial charge is 0.421 e. The maximum atomic E-state index is 14.3. The molecule has 2 aromatic carbocycles. The molecule has 0 unspecified atom stereocenters. The average Bonchev–Trinajstić information content (AvgIpc) is 3.73. The van der Waals surface area contributed by atoms with Gasteiger partial charge >= 0.3 is 12.1 Å². The number of aliphatic carboxylic acids is 1. The summed E-state index contributed by atoms with van der Waals surface area (Å²) in [5, 5.41) is 18.2. The summed E-state index contributed by atoms with van der Waals surface area (Å²) in [7, 11) is 2.82. The number of nitrogens with zero attached hydrogens (tertiary/aromatic N) is 2. The molecule has 4 N–H and O–H groups in total. The number of amides is 1. The Hall–Kier alpha value is -4.92. The SMILES string of the molecule is COc1nc(-c2cccc(-c3cccc4c3CC[C@@H]4Oc3nc(OC)c(CNCC(=O)O)cc3C(F)(F)F)c2Cl)ccc1CNC[C@@H]1CCC(=O)N1. The summed E-state index contributed by atoms with van der Waals surface area (Å²) >= 11 is 7.08. The van der Waals surface area contributed by atoms with Crippen LogP contribution in [0.25, 0.3) is 22.4 Å². The third-order valence-electron chi connectivity index (χ3n) is 9.08. The minimum absolute atomic E-state index is 0.0427. The highest BCUT2D eigenvalue weighted by molar-refractivity contribution is 6.36. The van der Waals surface area contributed by atoms with Crippen LogP contribution in [-0.4, -0.2) is 60.3 Å². The number of hydrogen-bond donors (Lipinski definition) is 4. The number of methoxy groups -OCH3 is 2. The fraction of sp³-hybridized carbons (Fsp3) is 0.351. The third kappa shape index (κ3) is 8.09. The van der Waals surface area contributed by atoms with E-state index in [4.69, 9.17) is 35.9 Å². The van der Waals surface area contributed by atoms with E-state index in [9.17, 15) is 22.8 Å². The number of carboxylic acids is 1. The molecule has 1 amide bonds. The second kappa shape index (κ2) is 15.8. The van der Waals surface area contributed by atoms with Crippen LogP contribution in [-0.2, 0) is 35.3 Å². The van der Waals surface area contributed by atoms with Gasteiger partial charge in [0, 0.05) is 54.4 Å². The van der Waals surface area contributed by atoms with E-state index in [-0.39, 0.29) is 29.9 Å². The van der Waals surface area contributed by atoms with Crippen LogP contribution >= 0.6 is 11.6 Å². The largest absolute Gasteiger partial charge is 0.481 e. The molecule has 52 heavy (non-hydrogen) atoms. The Balaban J connectivity index is 1.25. The molecule has 3 heterocycles. The first-order chi connectivity index (χ1) is 25.0. The van der Waals surface area contributed by atoms with Crippen LogP contribution in [0.3, 0.4) is 0 Å². The molecular formula is C37H37ClF3N5O6. The van der Waals surface area contributed by atoms with Crippen LogP contribution in [0.2, 0.25) is 5.02 Å². The zero-order valence-electron chi connectivity index (χ0n) is 28.4. The van der Waals surface area contributed by atoms with E-state index < -0.39 is 36.2 Å². The van der Waals surface area contributed by atoms with Crippen LogP contribution in [0.5, 0.6) is 17.6 Å². The van der Waals surface area contributed by atoms with Crippen molar-refractivity contribution < 1.29 is 42.1 Å². The van der Waals surface area contributed by atoms with Gasteiger partial charge in [0.2, 0.25) is 23.5 Å². The fourth-order valence-corrected chi connectivity index (χ4v) is 6.95. The number of aromatic nitrogens is 2. The number of carbonyl (C=O) groups excluding carboxylic acids is 1. The van der Waals surface area contributed by atoms with Crippen molar-refractivity contribution in [2.45, 2.75) is 57.1 Å². The molecule has 1 fully saturated rings. The Bertz CT molecular complexity index is 1980. The Morgan fingerprint density at radius 3 is 2.35 bits per heavy atom. The number of fused-ring (bicyclic) bond motifs is 1. The highest BCUT2D eigenvalue weighted by Crippen LogP contribution is 2.46. The molecular weight excluding hydrogens is 703 g/mol. The third-order valence-corrected chi connectivity index (χ3v) is 9.48. The topological polar surface area (TPSA) is 144 Å². The summed E-state index contributed by atoms with van der Waals surface area (Å²) in [6.45, 7) is 0.478. The van der Waals surface area contributed by atoms with E-state index >= 15 is 0 Å². The van der Waals surface area contributed by atoms with E-state index in [0.29, 0.717) is 60.1 Å². The van der Waals surface area contributed by atoms with Crippen LogP contribution in [0, 0.1) is 0 Å².